The van der Waals surface area contributed by atoms with Crippen molar-refractivity contribution in [3.63, 3.8) is 0 Å². The highest BCUT2D eigenvalue weighted by atomic mass is 19.4. The average molecular weight is 403 g/mol. The summed E-state index contributed by atoms with van der Waals surface area (Å²) in [6.07, 6.45) is -0.483. The number of nitrogens with zero attached hydrogens (tertiary/aromatic N) is 1. The number of benzene rings is 2. The van der Waals surface area contributed by atoms with Crippen molar-refractivity contribution in [2.75, 3.05) is 31.2 Å². The fourth-order valence-electron chi connectivity index (χ4n) is 3.10. The summed E-state index contributed by atoms with van der Waals surface area (Å²) in [6.45, 7) is 2.92. The van der Waals surface area contributed by atoms with Gasteiger partial charge in [0.05, 0.1) is 18.8 Å². The molecular formula is C22H20F3NO3. The molecule has 0 atom stereocenters. The Labute approximate surface area is 166 Å². The van der Waals surface area contributed by atoms with Crippen LogP contribution in [-0.4, -0.2) is 37.4 Å². The minimum atomic E-state index is -4.41. The lowest BCUT2D eigenvalue weighted by Gasteiger charge is -2.29. The van der Waals surface area contributed by atoms with Crippen LogP contribution in [0, 0.1) is 0 Å². The topological polar surface area (TPSA) is 49.8 Å². The number of rotatable bonds is 5. The maximum Gasteiger partial charge on any atom is 0.416 e. The van der Waals surface area contributed by atoms with Crippen LogP contribution in [-0.2, 0) is 15.7 Å². The number of aliphatic carboxylic acids is 1. The Morgan fingerprint density at radius 1 is 0.966 bits per heavy atom. The van der Waals surface area contributed by atoms with Crippen LogP contribution in [0.4, 0.5) is 18.9 Å². The van der Waals surface area contributed by atoms with Crippen molar-refractivity contribution in [2.45, 2.75) is 6.18 Å². The molecule has 0 aromatic heterocycles. The first-order chi connectivity index (χ1) is 13.8. The Kier molecular flexibility index (Phi) is 6.39. The number of hydrogen-bond donors (Lipinski definition) is 1. The standard InChI is InChI=1S/C22H20F3NO3/c23-22(24,25)18-8-4-16(5-9-18)20(2-1-3-21(27)28)17-6-10-19(11-7-17)26-12-14-29-15-13-26/h1-11H,12-15H2,(H,27,28). The number of carboxylic acids is 1. The van der Waals surface area contributed by atoms with Crippen molar-refractivity contribution in [1.29, 1.82) is 0 Å². The summed E-state index contributed by atoms with van der Waals surface area (Å²) in [7, 11) is 0. The van der Waals surface area contributed by atoms with Gasteiger partial charge in [-0.15, -0.1) is 0 Å². The van der Waals surface area contributed by atoms with E-state index in [2.05, 4.69) is 4.90 Å². The summed E-state index contributed by atoms with van der Waals surface area (Å²) in [4.78, 5) is 13.0. The summed E-state index contributed by atoms with van der Waals surface area (Å²) in [6, 6.07) is 12.5. The number of morpholine rings is 1. The summed E-state index contributed by atoms with van der Waals surface area (Å²) >= 11 is 0. The van der Waals surface area contributed by atoms with Crippen LogP contribution in [0.15, 0.2) is 66.8 Å². The second-order valence-corrected chi connectivity index (χ2v) is 6.50. The van der Waals surface area contributed by atoms with Gasteiger partial charge in [-0.1, -0.05) is 36.4 Å². The molecule has 3 rings (SSSR count). The number of allylic oxidation sites excluding steroid dienone is 2. The van der Waals surface area contributed by atoms with Crippen LogP contribution >= 0.6 is 0 Å². The van der Waals surface area contributed by atoms with Gasteiger partial charge in [0.2, 0.25) is 0 Å². The lowest BCUT2D eigenvalue weighted by molar-refractivity contribution is -0.137. The molecule has 0 spiro atoms. The quantitative estimate of drug-likeness (QED) is 0.585. The smallest absolute Gasteiger partial charge is 0.416 e. The lowest BCUT2D eigenvalue weighted by atomic mass is 9.96. The van der Waals surface area contributed by atoms with Gasteiger partial charge < -0.3 is 14.7 Å². The van der Waals surface area contributed by atoms with Gasteiger partial charge in [0, 0.05) is 24.9 Å². The van der Waals surface area contributed by atoms with E-state index in [1.165, 1.54) is 18.2 Å². The van der Waals surface area contributed by atoms with E-state index < -0.39 is 17.7 Å². The van der Waals surface area contributed by atoms with E-state index in [4.69, 9.17) is 9.84 Å². The summed E-state index contributed by atoms with van der Waals surface area (Å²) in [5.74, 6) is -1.10. The van der Waals surface area contributed by atoms with E-state index in [9.17, 15) is 18.0 Å². The maximum atomic E-state index is 12.9. The predicted molar refractivity (Wildman–Crippen MR) is 105 cm³/mol. The maximum absolute atomic E-state index is 12.9. The Bertz CT molecular complexity index is 894. The van der Waals surface area contributed by atoms with Crippen molar-refractivity contribution in [2.24, 2.45) is 0 Å². The first-order valence-corrected chi connectivity index (χ1v) is 9.06. The van der Waals surface area contributed by atoms with E-state index in [-0.39, 0.29) is 0 Å². The van der Waals surface area contributed by atoms with E-state index in [1.54, 1.807) is 6.08 Å². The molecule has 29 heavy (non-hydrogen) atoms. The zero-order chi connectivity index (χ0) is 20.9. The molecule has 0 aliphatic carbocycles. The SMILES string of the molecule is O=C(O)C=CC=C(c1ccc(N2CCOCC2)cc1)c1ccc(C(F)(F)F)cc1. The number of carboxylic acid groups (broad SMARTS) is 1. The van der Waals surface area contributed by atoms with Gasteiger partial charge in [0.25, 0.3) is 0 Å². The van der Waals surface area contributed by atoms with Crippen LogP contribution in [0.25, 0.3) is 5.57 Å². The number of halogens is 3. The van der Waals surface area contributed by atoms with Crippen LogP contribution in [0.5, 0.6) is 0 Å². The summed E-state index contributed by atoms with van der Waals surface area (Å²) in [5.41, 5.74) is 2.27. The van der Waals surface area contributed by atoms with E-state index in [0.717, 1.165) is 42.5 Å². The lowest BCUT2D eigenvalue weighted by Crippen LogP contribution is -2.36. The third kappa shape index (κ3) is 5.48. The molecule has 0 saturated carbocycles. The van der Waals surface area contributed by atoms with Gasteiger partial charge in [0.15, 0.2) is 0 Å². The third-order valence-electron chi connectivity index (χ3n) is 4.58. The highest BCUT2D eigenvalue weighted by Crippen LogP contribution is 2.32. The van der Waals surface area contributed by atoms with Gasteiger partial charge >= 0.3 is 12.1 Å². The average Bonchev–Trinajstić information content (AvgIpc) is 2.71. The molecule has 2 aromatic carbocycles. The minimum absolute atomic E-state index is 0.562. The number of hydrogen-bond acceptors (Lipinski definition) is 3. The Hall–Kier alpha value is -3.06. The number of alkyl halides is 3. The summed E-state index contributed by atoms with van der Waals surface area (Å²) < 4.78 is 43.9. The normalized spacial score (nSPS) is 15.7. The molecule has 1 N–H and O–H groups in total. The predicted octanol–water partition coefficient (Wildman–Crippen LogP) is 4.61. The molecule has 1 heterocycles. The third-order valence-corrected chi connectivity index (χ3v) is 4.58. The monoisotopic (exact) mass is 403 g/mol. The molecule has 0 radical (unpaired) electrons. The van der Waals surface area contributed by atoms with E-state index in [0.29, 0.717) is 24.4 Å². The van der Waals surface area contributed by atoms with Crippen LogP contribution in [0.1, 0.15) is 16.7 Å². The molecule has 0 amide bonds. The molecule has 1 aliphatic heterocycles. The zero-order valence-corrected chi connectivity index (χ0v) is 15.5. The Balaban J connectivity index is 1.92. The van der Waals surface area contributed by atoms with Crippen LogP contribution in [0.3, 0.4) is 0 Å². The highest BCUT2D eigenvalue weighted by Gasteiger charge is 2.30. The van der Waals surface area contributed by atoms with E-state index >= 15 is 0 Å². The Morgan fingerprint density at radius 3 is 2.03 bits per heavy atom. The van der Waals surface area contributed by atoms with Gasteiger partial charge in [-0.2, -0.15) is 13.2 Å². The van der Waals surface area contributed by atoms with Crippen molar-refractivity contribution in [3.05, 3.63) is 83.4 Å². The Morgan fingerprint density at radius 2 is 1.52 bits per heavy atom. The largest absolute Gasteiger partial charge is 0.478 e. The highest BCUT2D eigenvalue weighted by molar-refractivity contribution is 5.84. The molecule has 2 aromatic rings. The van der Waals surface area contributed by atoms with Crippen molar-refractivity contribution in [1.82, 2.24) is 0 Å². The molecule has 7 heteroatoms. The molecule has 1 fully saturated rings. The molecule has 1 aliphatic rings. The number of anilines is 1. The van der Waals surface area contributed by atoms with Crippen molar-refractivity contribution >= 4 is 17.2 Å². The number of carbonyl (C=O) groups is 1. The molecule has 1 saturated heterocycles. The molecule has 0 bridgehead atoms. The first-order valence-electron chi connectivity index (χ1n) is 9.06. The van der Waals surface area contributed by atoms with Gasteiger partial charge in [0.1, 0.15) is 0 Å². The molecular weight excluding hydrogens is 383 g/mol. The van der Waals surface area contributed by atoms with Crippen LogP contribution < -0.4 is 4.90 Å². The van der Waals surface area contributed by atoms with Gasteiger partial charge in [-0.3, -0.25) is 0 Å². The number of ether oxygens (including phenoxy) is 1. The van der Waals surface area contributed by atoms with E-state index in [1.807, 2.05) is 24.3 Å². The summed E-state index contributed by atoms with van der Waals surface area (Å²) in [5, 5.41) is 8.82. The van der Waals surface area contributed by atoms with Gasteiger partial charge in [-0.25, -0.2) is 4.79 Å². The first kappa shape index (κ1) is 20.7. The second kappa shape index (κ2) is 8.96. The molecule has 4 nitrogen and oxygen atoms in total. The van der Waals surface area contributed by atoms with Crippen LogP contribution in [0.2, 0.25) is 0 Å². The van der Waals surface area contributed by atoms with Crippen molar-refractivity contribution < 1.29 is 27.8 Å². The molecule has 0 unspecified atom stereocenters. The fourth-order valence-corrected chi connectivity index (χ4v) is 3.10. The minimum Gasteiger partial charge on any atom is -0.478 e. The van der Waals surface area contributed by atoms with Crippen molar-refractivity contribution in [3.8, 4) is 0 Å². The zero-order valence-electron chi connectivity index (χ0n) is 15.5. The second-order valence-electron chi connectivity index (χ2n) is 6.50. The fraction of sp³-hybridized carbons (Fsp3) is 0.227. The van der Waals surface area contributed by atoms with Gasteiger partial charge in [-0.05, 0) is 41.0 Å². The molecule has 152 valence electrons.